The van der Waals surface area contributed by atoms with E-state index in [9.17, 15) is 19.2 Å². The molecule has 12 heteroatoms. The van der Waals surface area contributed by atoms with E-state index in [1.807, 2.05) is 12.1 Å². The Balaban J connectivity index is 1.43. The van der Waals surface area contributed by atoms with Crippen LogP contribution >= 0.6 is 0 Å². The van der Waals surface area contributed by atoms with Crippen LogP contribution in [0, 0.1) is 0 Å². The number of amides is 1. The minimum atomic E-state index is -3.96. The topological polar surface area (TPSA) is 126 Å². The molecule has 5 rings (SSSR count). The quantitative estimate of drug-likeness (QED) is 0.335. The Morgan fingerprint density at radius 2 is 1.66 bits per heavy atom. The Morgan fingerprint density at radius 1 is 0.951 bits per heavy atom. The lowest BCUT2D eigenvalue weighted by Crippen LogP contribution is -2.44. The van der Waals surface area contributed by atoms with Crippen molar-refractivity contribution >= 4 is 34.4 Å². The average molecular weight is 564 g/mol. The molecule has 1 N–H and O–H groups in total. The molecule has 1 aliphatic rings. The predicted molar refractivity (Wildman–Crippen MR) is 142 cm³/mol. The van der Waals surface area contributed by atoms with E-state index in [2.05, 4.69) is 10.3 Å². The molecule has 41 heavy (non-hydrogen) atoms. The largest absolute Gasteiger partial charge is 0.459 e. The van der Waals surface area contributed by atoms with Crippen LogP contribution < -0.4 is 11.0 Å². The molecule has 10 nitrogen and oxygen atoms in total. The third-order valence-corrected chi connectivity index (χ3v) is 6.34. The average Bonchev–Trinajstić information content (AvgIpc) is 3.20. The summed E-state index contributed by atoms with van der Waals surface area (Å²) in [5.74, 6) is -6.49. The van der Waals surface area contributed by atoms with E-state index in [-0.39, 0.29) is 16.9 Å². The van der Waals surface area contributed by atoms with Gasteiger partial charge in [-0.15, -0.1) is 0 Å². The summed E-state index contributed by atoms with van der Waals surface area (Å²) in [5, 5.41) is 3.81. The molecule has 0 saturated carbocycles. The number of anilines is 1. The zero-order valence-electron chi connectivity index (χ0n) is 21.5. The molecule has 0 radical (unpaired) electrons. The van der Waals surface area contributed by atoms with Crippen molar-refractivity contribution in [3.63, 3.8) is 0 Å². The van der Waals surface area contributed by atoms with Gasteiger partial charge in [-0.3, -0.25) is 9.36 Å². The van der Waals surface area contributed by atoms with Crippen molar-refractivity contribution in [1.29, 1.82) is 0 Å². The number of alkyl halides is 2. The molecule has 1 aliphatic heterocycles. The van der Waals surface area contributed by atoms with Gasteiger partial charge in [0.1, 0.15) is 18.5 Å². The molecule has 1 amide bonds. The lowest BCUT2D eigenvalue weighted by molar-refractivity contribution is -0.142. The third-order valence-electron chi connectivity index (χ3n) is 6.34. The monoisotopic (exact) mass is 563 g/mol. The first kappa shape index (κ1) is 27.6. The fourth-order valence-corrected chi connectivity index (χ4v) is 4.40. The van der Waals surface area contributed by atoms with Gasteiger partial charge in [0.15, 0.2) is 6.10 Å². The van der Waals surface area contributed by atoms with E-state index in [0.29, 0.717) is 9.95 Å². The number of ether oxygens (including phenoxy) is 3. The summed E-state index contributed by atoms with van der Waals surface area (Å²) >= 11 is 0. The van der Waals surface area contributed by atoms with Gasteiger partial charge >= 0.3 is 23.6 Å². The van der Waals surface area contributed by atoms with Crippen LogP contribution in [0.25, 0.3) is 10.8 Å². The van der Waals surface area contributed by atoms with E-state index >= 15 is 8.78 Å². The summed E-state index contributed by atoms with van der Waals surface area (Å²) in [7, 11) is 0. The fourth-order valence-electron chi connectivity index (χ4n) is 4.40. The van der Waals surface area contributed by atoms with Gasteiger partial charge in [-0.25, -0.2) is 14.4 Å². The number of nitrogens with one attached hydrogen (secondary N) is 1. The maximum Gasteiger partial charge on any atom is 0.351 e. The highest BCUT2D eigenvalue weighted by Gasteiger charge is 2.63. The number of rotatable bonds is 7. The first-order valence-electron chi connectivity index (χ1n) is 12.5. The van der Waals surface area contributed by atoms with E-state index in [4.69, 9.17) is 14.2 Å². The van der Waals surface area contributed by atoms with Gasteiger partial charge in [-0.1, -0.05) is 48.5 Å². The molecular weight excluding hydrogens is 540 g/mol. The Kier molecular flexibility index (Phi) is 7.58. The molecule has 1 fully saturated rings. The van der Waals surface area contributed by atoms with Crippen LogP contribution in [0.4, 0.5) is 14.6 Å². The highest BCUT2D eigenvalue weighted by Crippen LogP contribution is 2.44. The van der Waals surface area contributed by atoms with Crippen molar-refractivity contribution < 1.29 is 37.4 Å². The predicted octanol–water partition coefficient (Wildman–Crippen LogP) is 3.97. The number of aromatic nitrogens is 2. The zero-order valence-corrected chi connectivity index (χ0v) is 21.5. The Bertz CT molecular complexity index is 1680. The highest BCUT2D eigenvalue weighted by molar-refractivity contribution is 5.95. The van der Waals surface area contributed by atoms with Crippen LogP contribution in [-0.4, -0.2) is 52.1 Å². The fraction of sp³-hybridized carbons (Fsp3) is 0.207. The minimum Gasteiger partial charge on any atom is -0.459 e. The van der Waals surface area contributed by atoms with E-state index in [0.717, 1.165) is 17.6 Å². The van der Waals surface area contributed by atoms with Gasteiger partial charge in [-0.05, 0) is 41.1 Å². The number of hydrogen-bond donors (Lipinski definition) is 1. The number of hydrogen-bond acceptors (Lipinski definition) is 8. The minimum absolute atomic E-state index is 0.0153. The smallest absolute Gasteiger partial charge is 0.351 e. The standard InChI is InChI=1S/C29H23F2N3O7/c1-17(35)32-23-13-14-34(28(38)33-23)27-29(30,31)24(22(40-27)16-39-25(36)19-8-3-2-4-9-19)41-26(37)21-12-11-18-7-5-6-10-20(18)15-21/h2-15,22,24,27H,16H2,1H3,(H,32,33,35,38)/t22-,24-,27-/m1/s1. The van der Waals surface area contributed by atoms with Crippen LogP contribution in [0.15, 0.2) is 89.9 Å². The number of carbonyl (C=O) groups excluding carboxylic acids is 3. The molecule has 1 aromatic heterocycles. The molecule has 0 unspecified atom stereocenters. The molecular formula is C29H23F2N3O7. The van der Waals surface area contributed by atoms with Gasteiger partial charge < -0.3 is 19.5 Å². The lowest BCUT2D eigenvalue weighted by Gasteiger charge is -2.24. The molecule has 0 aliphatic carbocycles. The van der Waals surface area contributed by atoms with E-state index < -0.39 is 54.5 Å². The Hall–Kier alpha value is -4.97. The van der Waals surface area contributed by atoms with Gasteiger partial charge in [-0.2, -0.15) is 13.8 Å². The van der Waals surface area contributed by atoms with E-state index in [1.165, 1.54) is 31.2 Å². The number of esters is 2. The molecule has 3 aromatic carbocycles. The zero-order chi connectivity index (χ0) is 29.1. The summed E-state index contributed by atoms with van der Waals surface area (Å²) in [5.41, 5.74) is -0.962. The van der Waals surface area contributed by atoms with Crippen LogP contribution in [0.3, 0.4) is 0 Å². The highest BCUT2D eigenvalue weighted by atomic mass is 19.3. The SMILES string of the molecule is CC(=O)Nc1ccn([C@@H]2O[C@H](COC(=O)c3ccccc3)[C@@H](OC(=O)c3ccc4ccccc4c3)C2(F)F)c(=O)n1. The molecule has 3 atom stereocenters. The molecule has 4 aromatic rings. The van der Waals surface area contributed by atoms with Crippen molar-refractivity contribution in [3.8, 4) is 0 Å². The molecule has 0 bridgehead atoms. The Morgan fingerprint density at radius 3 is 2.37 bits per heavy atom. The van der Waals surface area contributed by atoms with Crippen LogP contribution in [0.2, 0.25) is 0 Å². The maximum atomic E-state index is 15.9. The summed E-state index contributed by atoms with van der Waals surface area (Å²) in [6.07, 6.45) is -5.17. The molecule has 1 saturated heterocycles. The van der Waals surface area contributed by atoms with Crippen molar-refractivity contribution in [1.82, 2.24) is 9.55 Å². The van der Waals surface area contributed by atoms with Crippen molar-refractivity contribution in [2.75, 3.05) is 11.9 Å². The normalized spacial score (nSPS) is 19.4. The summed E-state index contributed by atoms with van der Waals surface area (Å²) < 4.78 is 48.3. The second-order valence-corrected chi connectivity index (χ2v) is 9.24. The van der Waals surface area contributed by atoms with Crippen molar-refractivity contribution in [2.45, 2.75) is 31.3 Å². The summed E-state index contributed by atoms with van der Waals surface area (Å²) in [4.78, 5) is 53.0. The van der Waals surface area contributed by atoms with Crippen LogP contribution in [0.1, 0.15) is 33.9 Å². The lowest BCUT2D eigenvalue weighted by atomic mass is 10.1. The van der Waals surface area contributed by atoms with Crippen molar-refractivity contribution in [2.24, 2.45) is 0 Å². The molecule has 210 valence electrons. The number of benzene rings is 3. The number of fused-ring (bicyclic) bond motifs is 1. The first-order valence-corrected chi connectivity index (χ1v) is 12.5. The van der Waals surface area contributed by atoms with Crippen molar-refractivity contribution in [3.05, 3.63) is 107 Å². The van der Waals surface area contributed by atoms with Gasteiger partial charge in [0, 0.05) is 13.1 Å². The molecule has 0 spiro atoms. The van der Waals surface area contributed by atoms with Gasteiger partial charge in [0.25, 0.3) is 0 Å². The third kappa shape index (κ3) is 5.82. The summed E-state index contributed by atoms with van der Waals surface area (Å²) in [6, 6.07) is 20.8. The number of carbonyl (C=O) groups is 3. The van der Waals surface area contributed by atoms with Gasteiger partial charge in [0.05, 0.1) is 11.1 Å². The van der Waals surface area contributed by atoms with E-state index in [1.54, 1.807) is 36.4 Å². The van der Waals surface area contributed by atoms with Crippen LogP contribution in [-0.2, 0) is 19.0 Å². The first-order chi connectivity index (χ1) is 19.6. The number of nitrogens with zero attached hydrogens (tertiary/aromatic N) is 2. The second-order valence-electron chi connectivity index (χ2n) is 9.24. The van der Waals surface area contributed by atoms with Gasteiger partial charge in [0.2, 0.25) is 12.1 Å². The second kappa shape index (κ2) is 11.3. The number of halogens is 2. The van der Waals surface area contributed by atoms with Crippen LogP contribution in [0.5, 0.6) is 0 Å². The maximum absolute atomic E-state index is 15.9. The Labute approximate surface area is 231 Å². The summed E-state index contributed by atoms with van der Waals surface area (Å²) in [6.45, 7) is 0.485. The molecule has 2 heterocycles.